The van der Waals surface area contributed by atoms with Crippen LogP contribution in [0.4, 0.5) is 5.69 Å². The first kappa shape index (κ1) is 13.8. The third kappa shape index (κ3) is 2.69. The van der Waals surface area contributed by atoms with Gasteiger partial charge < -0.3 is 4.57 Å². The lowest BCUT2D eigenvalue weighted by molar-refractivity contribution is -0.385. The molecule has 0 spiro atoms. The molecule has 1 heterocycles. The van der Waals surface area contributed by atoms with Crippen LogP contribution in [0.25, 0.3) is 10.9 Å². The number of para-hydroxylation sites is 1. The van der Waals surface area contributed by atoms with Crippen molar-refractivity contribution < 1.29 is 4.92 Å². The summed E-state index contributed by atoms with van der Waals surface area (Å²) in [6.45, 7) is 0.713. The van der Waals surface area contributed by atoms with Crippen LogP contribution in [0.1, 0.15) is 5.56 Å². The summed E-state index contributed by atoms with van der Waals surface area (Å²) >= 11 is 3.53. The Labute approximate surface area is 130 Å². The van der Waals surface area contributed by atoms with E-state index >= 15 is 0 Å². The van der Waals surface area contributed by atoms with E-state index < -0.39 is 0 Å². The van der Waals surface area contributed by atoms with Gasteiger partial charge >= 0.3 is 0 Å². The van der Waals surface area contributed by atoms with E-state index in [0.717, 1.165) is 20.9 Å². The van der Waals surface area contributed by atoms with Gasteiger partial charge in [0.1, 0.15) is 0 Å². The molecule has 0 atom stereocenters. The van der Waals surface area contributed by atoms with E-state index in [1.165, 1.54) is 0 Å². The molecule has 0 N–H and O–H groups in total. The van der Waals surface area contributed by atoms with Crippen molar-refractivity contribution in [1.82, 2.24) is 4.57 Å². The van der Waals surface area contributed by atoms with Crippen LogP contribution in [-0.2, 0) is 13.0 Å². The van der Waals surface area contributed by atoms with E-state index in [-0.39, 0.29) is 10.6 Å². The maximum atomic E-state index is 11.0. The standard InChI is InChI=1S/C16H13BrN2O2/c17-14-5-3-7-16-13(14)9-11-18(16)10-8-12-4-1-2-6-15(12)19(20)21/h1-7,9,11H,8,10H2. The van der Waals surface area contributed by atoms with Gasteiger partial charge in [-0.25, -0.2) is 0 Å². The van der Waals surface area contributed by atoms with Gasteiger partial charge in [0.2, 0.25) is 0 Å². The van der Waals surface area contributed by atoms with Crippen LogP contribution in [0.15, 0.2) is 59.2 Å². The molecule has 0 saturated carbocycles. The van der Waals surface area contributed by atoms with Gasteiger partial charge in [-0.1, -0.05) is 40.2 Å². The molecule has 21 heavy (non-hydrogen) atoms. The van der Waals surface area contributed by atoms with Gasteiger partial charge in [-0.3, -0.25) is 10.1 Å². The molecule has 106 valence electrons. The molecule has 0 aliphatic carbocycles. The van der Waals surface area contributed by atoms with E-state index in [2.05, 4.69) is 32.6 Å². The molecule has 4 nitrogen and oxygen atoms in total. The van der Waals surface area contributed by atoms with Crippen molar-refractivity contribution in [2.45, 2.75) is 13.0 Å². The lowest BCUT2D eigenvalue weighted by Crippen LogP contribution is -2.02. The normalized spacial score (nSPS) is 10.9. The number of rotatable bonds is 4. The Balaban J connectivity index is 1.88. The van der Waals surface area contributed by atoms with Gasteiger partial charge in [0, 0.05) is 39.7 Å². The SMILES string of the molecule is O=[N+]([O-])c1ccccc1CCn1ccc2c(Br)cccc21. The van der Waals surface area contributed by atoms with E-state index in [0.29, 0.717) is 13.0 Å². The van der Waals surface area contributed by atoms with Crippen molar-refractivity contribution in [3.05, 3.63) is 74.9 Å². The molecule has 0 unspecified atom stereocenters. The molecule has 3 aromatic rings. The summed E-state index contributed by atoms with van der Waals surface area (Å²) in [6, 6.07) is 15.0. The zero-order valence-corrected chi connectivity index (χ0v) is 12.8. The van der Waals surface area contributed by atoms with Crippen LogP contribution in [0.3, 0.4) is 0 Å². The highest BCUT2D eigenvalue weighted by Crippen LogP contribution is 2.25. The lowest BCUT2D eigenvalue weighted by Gasteiger charge is -2.06. The highest BCUT2D eigenvalue weighted by atomic mass is 79.9. The Morgan fingerprint density at radius 2 is 1.90 bits per heavy atom. The van der Waals surface area contributed by atoms with Crippen molar-refractivity contribution in [3.63, 3.8) is 0 Å². The molecule has 2 aromatic carbocycles. The van der Waals surface area contributed by atoms with Crippen LogP contribution >= 0.6 is 15.9 Å². The van der Waals surface area contributed by atoms with Crippen LogP contribution in [0, 0.1) is 10.1 Å². The van der Waals surface area contributed by atoms with E-state index in [1.54, 1.807) is 12.1 Å². The molecular formula is C16H13BrN2O2. The maximum Gasteiger partial charge on any atom is 0.272 e. The monoisotopic (exact) mass is 344 g/mol. The molecule has 0 bridgehead atoms. The average molecular weight is 345 g/mol. The molecule has 0 aliphatic heterocycles. The number of hydrogen-bond acceptors (Lipinski definition) is 2. The summed E-state index contributed by atoms with van der Waals surface area (Å²) in [7, 11) is 0. The number of nitrogens with zero attached hydrogens (tertiary/aromatic N) is 2. The van der Waals surface area contributed by atoms with Gasteiger partial charge in [-0.05, 0) is 24.6 Å². The Morgan fingerprint density at radius 3 is 2.71 bits per heavy atom. The van der Waals surface area contributed by atoms with Crippen molar-refractivity contribution in [1.29, 1.82) is 0 Å². The third-order valence-electron chi connectivity index (χ3n) is 3.57. The number of hydrogen-bond donors (Lipinski definition) is 0. The number of aryl methyl sites for hydroxylation is 2. The van der Waals surface area contributed by atoms with Gasteiger partial charge in [0.05, 0.1) is 4.92 Å². The molecule has 1 aromatic heterocycles. The number of halogens is 1. The fourth-order valence-corrected chi connectivity index (χ4v) is 3.01. The number of benzene rings is 2. The first-order chi connectivity index (χ1) is 10.2. The first-order valence-corrected chi connectivity index (χ1v) is 7.42. The Hall–Kier alpha value is -2.14. The van der Waals surface area contributed by atoms with E-state index in [9.17, 15) is 10.1 Å². The van der Waals surface area contributed by atoms with Crippen LogP contribution in [-0.4, -0.2) is 9.49 Å². The molecule has 0 amide bonds. The van der Waals surface area contributed by atoms with Gasteiger partial charge in [-0.2, -0.15) is 0 Å². The van der Waals surface area contributed by atoms with E-state index in [1.807, 2.05) is 30.5 Å². The molecule has 5 heteroatoms. The smallest absolute Gasteiger partial charge is 0.272 e. The maximum absolute atomic E-state index is 11.0. The second kappa shape index (κ2) is 5.69. The Morgan fingerprint density at radius 1 is 1.10 bits per heavy atom. The van der Waals surface area contributed by atoms with Gasteiger partial charge in [-0.15, -0.1) is 0 Å². The summed E-state index contributed by atoms with van der Waals surface area (Å²) in [5.74, 6) is 0. The second-order valence-electron chi connectivity index (χ2n) is 4.82. The minimum atomic E-state index is -0.320. The topological polar surface area (TPSA) is 48.1 Å². The van der Waals surface area contributed by atoms with Crippen molar-refractivity contribution in [2.24, 2.45) is 0 Å². The second-order valence-corrected chi connectivity index (χ2v) is 5.67. The van der Waals surface area contributed by atoms with Crippen molar-refractivity contribution >= 4 is 32.5 Å². The minimum absolute atomic E-state index is 0.190. The van der Waals surface area contributed by atoms with Gasteiger partial charge in [0.25, 0.3) is 5.69 Å². The lowest BCUT2D eigenvalue weighted by atomic mass is 10.1. The summed E-state index contributed by atoms with van der Waals surface area (Å²) in [5.41, 5.74) is 2.08. The molecule has 0 radical (unpaired) electrons. The average Bonchev–Trinajstić information content (AvgIpc) is 2.90. The van der Waals surface area contributed by atoms with Crippen LogP contribution < -0.4 is 0 Å². The zero-order chi connectivity index (χ0) is 14.8. The summed E-state index contributed by atoms with van der Waals surface area (Å²) in [4.78, 5) is 10.7. The van der Waals surface area contributed by atoms with Crippen LogP contribution in [0.5, 0.6) is 0 Å². The fraction of sp³-hybridized carbons (Fsp3) is 0.125. The number of aromatic nitrogens is 1. The summed E-state index contributed by atoms with van der Waals surface area (Å²) in [5, 5.41) is 12.2. The summed E-state index contributed by atoms with van der Waals surface area (Å²) < 4.78 is 3.18. The van der Waals surface area contributed by atoms with E-state index in [4.69, 9.17) is 0 Å². The first-order valence-electron chi connectivity index (χ1n) is 6.62. The number of nitro benzene ring substituents is 1. The molecular weight excluding hydrogens is 332 g/mol. The molecule has 3 rings (SSSR count). The summed E-state index contributed by atoms with van der Waals surface area (Å²) in [6.07, 6.45) is 2.65. The van der Waals surface area contributed by atoms with Crippen LogP contribution in [0.2, 0.25) is 0 Å². The number of nitro groups is 1. The predicted octanol–water partition coefficient (Wildman–Crippen LogP) is 4.55. The highest BCUT2D eigenvalue weighted by molar-refractivity contribution is 9.10. The molecule has 0 fully saturated rings. The van der Waals surface area contributed by atoms with Crippen molar-refractivity contribution in [2.75, 3.05) is 0 Å². The third-order valence-corrected chi connectivity index (χ3v) is 4.26. The van der Waals surface area contributed by atoms with Crippen molar-refractivity contribution in [3.8, 4) is 0 Å². The fourth-order valence-electron chi connectivity index (χ4n) is 2.52. The quantitative estimate of drug-likeness (QED) is 0.514. The highest BCUT2D eigenvalue weighted by Gasteiger charge is 2.12. The predicted molar refractivity (Wildman–Crippen MR) is 86.4 cm³/mol. The zero-order valence-electron chi connectivity index (χ0n) is 11.2. The number of fused-ring (bicyclic) bond motifs is 1. The largest absolute Gasteiger partial charge is 0.347 e. The van der Waals surface area contributed by atoms with Gasteiger partial charge in [0.15, 0.2) is 0 Å². The molecule has 0 aliphatic rings. The minimum Gasteiger partial charge on any atom is -0.347 e. The molecule has 0 saturated heterocycles. The Kier molecular flexibility index (Phi) is 3.75. The Bertz CT molecular complexity index is 811.